The third-order valence-corrected chi connectivity index (χ3v) is 6.73. The van der Waals surface area contributed by atoms with Gasteiger partial charge in [0.1, 0.15) is 0 Å². The van der Waals surface area contributed by atoms with E-state index >= 15 is 0 Å². The Kier molecular flexibility index (Phi) is 7.11. The molecule has 0 saturated heterocycles. The zero-order valence-electron chi connectivity index (χ0n) is 20.4. The minimum Gasteiger partial charge on any atom is -0.450 e. The second-order valence-electron chi connectivity index (χ2n) is 10.4. The lowest BCUT2D eigenvalue weighted by Crippen LogP contribution is -2.34. The van der Waals surface area contributed by atoms with E-state index in [1.165, 1.54) is 5.56 Å². The summed E-state index contributed by atoms with van der Waals surface area (Å²) in [6.45, 7) is 9.09. The van der Waals surface area contributed by atoms with E-state index in [1.807, 2.05) is 12.3 Å². The summed E-state index contributed by atoms with van der Waals surface area (Å²) >= 11 is 0. The molecule has 1 saturated carbocycles. The zero-order valence-corrected chi connectivity index (χ0v) is 20.4. The van der Waals surface area contributed by atoms with Crippen molar-refractivity contribution in [3.05, 3.63) is 40.4 Å². The Morgan fingerprint density at radius 2 is 2.00 bits per heavy atom. The highest BCUT2D eigenvalue weighted by Gasteiger charge is 2.27. The van der Waals surface area contributed by atoms with Crippen molar-refractivity contribution >= 4 is 17.5 Å². The summed E-state index contributed by atoms with van der Waals surface area (Å²) in [6, 6.07) is 6.29. The largest absolute Gasteiger partial charge is 0.450 e. The van der Waals surface area contributed by atoms with Crippen LogP contribution in [-0.2, 0) is 5.41 Å². The number of fused-ring (bicyclic) bond motifs is 2. The van der Waals surface area contributed by atoms with Gasteiger partial charge in [-0.1, -0.05) is 26.8 Å². The van der Waals surface area contributed by atoms with Crippen molar-refractivity contribution in [1.29, 1.82) is 5.41 Å². The van der Waals surface area contributed by atoms with Gasteiger partial charge in [0.2, 0.25) is 0 Å². The Labute approximate surface area is 201 Å². The summed E-state index contributed by atoms with van der Waals surface area (Å²) in [5.74, 6) is 2.46. The third kappa shape index (κ3) is 5.70. The molecule has 1 aromatic heterocycles. The van der Waals surface area contributed by atoms with E-state index in [4.69, 9.17) is 15.9 Å². The molecule has 2 heterocycles. The zero-order chi connectivity index (χ0) is 24.3. The molecular weight excluding hydrogens is 430 g/mol. The molecule has 4 rings (SSSR count). The van der Waals surface area contributed by atoms with Gasteiger partial charge in [-0.2, -0.15) is 4.98 Å². The van der Waals surface area contributed by atoms with E-state index in [0.717, 1.165) is 56.6 Å². The van der Waals surface area contributed by atoms with E-state index in [0.29, 0.717) is 24.0 Å². The first-order valence-electron chi connectivity index (χ1n) is 12.2. The lowest BCUT2D eigenvalue weighted by Gasteiger charge is -2.31. The summed E-state index contributed by atoms with van der Waals surface area (Å²) in [5, 5.41) is 16.8. The number of hydrogen-bond donors (Lipinski definition) is 5. The third-order valence-electron chi connectivity index (χ3n) is 6.73. The van der Waals surface area contributed by atoms with Gasteiger partial charge in [0.15, 0.2) is 23.3 Å². The average molecular weight is 468 g/mol. The Morgan fingerprint density at radius 3 is 2.71 bits per heavy atom. The minimum atomic E-state index is -0.232. The van der Waals surface area contributed by atoms with Crippen LogP contribution >= 0.6 is 0 Å². The summed E-state index contributed by atoms with van der Waals surface area (Å²) in [4.78, 5) is 17.2. The molecule has 6 N–H and O–H groups in total. The van der Waals surface area contributed by atoms with Gasteiger partial charge in [-0.15, -0.1) is 0 Å². The fourth-order valence-corrected chi connectivity index (χ4v) is 4.68. The molecular formula is C25H37N7O2. The molecule has 0 bridgehead atoms. The summed E-state index contributed by atoms with van der Waals surface area (Å²) in [7, 11) is 0. The number of anilines is 2. The lowest BCUT2D eigenvalue weighted by atomic mass is 9.86. The van der Waals surface area contributed by atoms with Gasteiger partial charge in [-0.3, -0.25) is 9.98 Å². The predicted molar refractivity (Wildman–Crippen MR) is 135 cm³/mol. The highest BCUT2D eigenvalue weighted by molar-refractivity contribution is 5.74. The molecule has 184 valence electrons. The van der Waals surface area contributed by atoms with Gasteiger partial charge in [0.25, 0.3) is 0 Å². The highest BCUT2D eigenvalue weighted by Crippen LogP contribution is 2.42. The molecule has 1 aliphatic carbocycles. The molecule has 0 spiro atoms. The fourth-order valence-electron chi connectivity index (χ4n) is 4.68. The number of nitrogens with zero attached hydrogens (tertiary/aromatic N) is 2. The van der Waals surface area contributed by atoms with Crippen molar-refractivity contribution in [2.24, 2.45) is 11.7 Å². The monoisotopic (exact) mass is 467 g/mol. The number of guanidine groups is 1. The summed E-state index contributed by atoms with van der Waals surface area (Å²) in [5.41, 5.74) is 7.11. The summed E-state index contributed by atoms with van der Waals surface area (Å²) in [6.07, 6.45) is 6.81. The van der Waals surface area contributed by atoms with Gasteiger partial charge in [-0.05, 0) is 74.2 Å². The second kappa shape index (κ2) is 10.0. The minimum absolute atomic E-state index is 0.0188. The first-order valence-corrected chi connectivity index (χ1v) is 12.2. The number of nitrogens with two attached hydrogens (primary N) is 1. The number of hydrogen-bond acceptors (Lipinski definition) is 6. The standard InChI is InChI=1S/C25H37N7O2/c1-25(2,3)17-7-10-20-19(13-17)30-22-21(34-20)15-32(24(33)31-22)18-8-5-16(6-9-18)14-28-11-4-12-29-23(26)27/h7,10,13,15-16,18,28H,4-6,8-9,11-12,14H2,1-3H3,(H4,26,27,29)(H,30,31,33)/t16-,18-. The molecule has 1 aliphatic heterocycles. The number of aromatic nitrogens is 2. The molecule has 0 amide bonds. The van der Waals surface area contributed by atoms with Crippen LogP contribution in [0.1, 0.15) is 64.5 Å². The fraction of sp³-hybridized carbons (Fsp3) is 0.560. The van der Waals surface area contributed by atoms with Crippen molar-refractivity contribution in [2.75, 3.05) is 25.0 Å². The molecule has 9 nitrogen and oxygen atoms in total. The topological polar surface area (TPSA) is 130 Å². The van der Waals surface area contributed by atoms with Crippen LogP contribution in [0.4, 0.5) is 11.5 Å². The smallest absolute Gasteiger partial charge is 0.350 e. The van der Waals surface area contributed by atoms with E-state index in [9.17, 15) is 4.79 Å². The molecule has 9 heteroatoms. The lowest BCUT2D eigenvalue weighted by molar-refractivity contribution is 0.261. The molecule has 1 fully saturated rings. The van der Waals surface area contributed by atoms with Gasteiger partial charge < -0.3 is 26.4 Å². The normalized spacial score (nSPS) is 19.4. The van der Waals surface area contributed by atoms with Crippen LogP contribution < -0.4 is 32.1 Å². The summed E-state index contributed by atoms with van der Waals surface area (Å²) < 4.78 is 7.89. The van der Waals surface area contributed by atoms with Crippen molar-refractivity contribution < 1.29 is 4.74 Å². The van der Waals surface area contributed by atoms with Gasteiger partial charge in [0, 0.05) is 12.6 Å². The van der Waals surface area contributed by atoms with Crippen LogP contribution in [-0.4, -0.2) is 35.1 Å². The number of rotatable bonds is 7. The molecule has 2 aromatic rings. The first-order chi connectivity index (χ1) is 16.2. The van der Waals surface area contributed by atoms with Gasteiger partial charge in [0.05, 0.1) is 11.9 Å². The Bertz CT molecular complexity index is 1080. The molecule has 2 aliphatic rings. The van der Waals surface area contributed by atoms with Crippen molar-refractivity contribution in [2.45, 2.75) is 64.3 Å². The van der Waals surface area contributed by atoms with Crippen LogP contribution in [0.3, 0.4) is 0 Å². The van der Waals surface area contributed by atoms with Crippen molar-refractivity contribution in [3.63, 3.8) is 0 Å². The number of nitrogens with one attached hydrogen (secondary N) is 4. The highest BCUT2D eigenvalue weighted by atomic mass is 16.5. The SMILES string of the molecule is CC(C)(C)c1ccc2c(c1)Nc1nc(=O)n([C@H]3CC[C@H](CNCCCNC(=N)N)CC3)cc1O2. The van der Waals surface area contributed by atoms with Crippen LogP contribution in [0.25, 0.3) is 0 Å². The van der Waals surface area contributed by atoms with Gasteiger partial charge in [-0.25, -0.2) is 4.79 Å². The molecule has 0 radical (unpaired) electrons. The maximum absolute atomic E-state index is 12.8. The molecule has 34 heavy (non-hydrogen) atoms. The predicted octanol–water partition coefficient (Wildman–Crippen LogP) is 3.58. The quantitative estimate of drug-likeness (QED) is 0.204. The van der Waals surface area contributed by atoms with E-state index < -0.39 is 0 Å². The number of ether oxygens (including phenoxy) is 1. The van der Waals surface area contributed by atoms with Gasteiger partial charge >= 0.3 is 5.69 Å². The van der Waals surface area contributed by atoms with E-state index in [1.54, 1.807) is 4.57 Å². The van der Waals surface area contributed by atoms with E-state index in [-0.39, 0.29) is 23.1 Å². The second-order valence-corrected chi connectivity index (χ2v) is 10.4. The average Bonchev–Trinajstić information content (AvgIpc) is 2.79. The Hall–Kier alpha value is -3.07. The Morgan fingerprint density at radius 1 is 1.24 bits per heavy atom. The van der Waals surface area contributed by atoms with Crippen molar-refractivity contribution in [3.8, 4) is 11.5 Å². The Balaban J connectivity index is 1.33. The van der Waals surface area contributed by atoms with Crippen LogP contribution in [0, 0.1) is 11.3 Å². The first kappa shape index (κ1) is 24.1. The maximum Gasteiger partial charge on any atom is 0.350 e. The maximum atomic E-state index is 12.8. The molecule has 0 atom stereocenters. The van der Waals surface area contributed by atoms with E-state index in [2.05, 4.69) is 53.8 Å². The number of benzene rings is 1. The molecule has 0 unspecified atom stereocenters. The van der Waals surface area contributed by atoms with Crippen molar-refractivity contribution in [1.82, 2.24) is 20.2 Å². The van der Waals surface area contributed by atoms with Crippen LogP contribution in [0.2, 0.25) is 0 Å². The van der Waals surface area contributed by atoms with Crippen LogP contribution in [0.5, 0.6) is 11.5 Å². The molecule has 1 aromatic carbocycles. The van der Waals surface area contributed by atoms with Crippen LogP contribution in [0.15, 0.2) is 29.2 Å².